The van der Waals surface area contributed by atoms with E-state index in [1.54, 1.807) is 0 Å². The summed E-state index contributed by atoms with van der Waals surface area (Å²) in [6, 6.07) is 0.624. The molecule has 1 N–H and O–H groups in total. The highest BCUT2D eigenvalue weighted by Gasteiger charge is 2.27. The summed E-state index contributed by atoms with van der Waals surface area (Å²) in [5.74, 6) is 0.0792. The van der Waals surface area contributed by atoms with E-state index < -0.39 is 0 Å². The average Bonchev–Trinajstić information content (AvgIpc) is 3.05. The Bertz CT molecular complexity index is 426. The first-order valence-electron chi connectivity index (χ1n) is 6.99. The molecule has 1 unspecified atom stereocenters. The molecule has 1 aliphatic heterocycles. The fourth-order valence-electron chi connectivity index (χ4n) is 2.41. The maximum Gasteiger partial charge on any atom is 0.267 e. The molecule has 2 rings (SSSR count). The zero-order valence-electron chi connectivity index (χ0n) is 11.8. The first kappa shape index (κ1) is 14.4. The lowest BCUT2D eigenvalue weighted by molar-refractivity contribution is 0.0693. The van der Waals surface area contributed by atoms with Crippen LogP contribution >= 0.6 is 11.5 Å². The highest BCUT2D eigenvalue weighted by molar-refractivity contribution is 7.08. The Morgan fingerprint density at radius 2 is 2.37 bits per heavy atom. The quantitative estimate of drug-likeness (QED) is 0.893. The maximum atomic E-state index is 12.6. The molecule has 0 aromatic carbocycles. The van der Waals surface area contributed by atoms with E-state index in [1.807, 2.05) is 11.8 Å². The molecule has 1 atom stereocenters. The van der Waals surface area contributed by atoms with Crippen LogP contribution in [0.25, 0.3) is 0 Å². The monoisotopic (exact) mass is 282 g/mol. The lowest BCUT2D eigenvalue weighted by Gasteiger charge is -2.29. The number of nitrogens with zero attached hydrogens (tertiary/aromatic N) is 3. The van der Waals surface area contributed by atoms with Crippen molar-refractivity contribution in [3.05, 3.63) is 10.6 Å². The van der Waals surface area contributed by atoms with Crippen LogP contribution < -0.4 is 5.32 Å². The van der Waals surface area contributed by atoms with Crippen molar-refractivity contribution in [3.63, 3.8) is 0 Å². The summed E-state index contributed by atoms with van der Waals surface area (Å²) in [6.07, 6.45) is 3.11. The highest BCUT2D eigenvalue weighted by atomic mass is 32.1. The zero-order valence-corrected chi connectivity index (χ0v) is 12.7. The Morgan fingerprint density at radius 3 is 2.95 bits per heavy atom. The number of carbonyl (C=O) groups is 1. The van der Waals surface area contributed by atoms with Gasteiger partial charge in [-0.2, -0.15) is 0 Å². The lowest BCUT2D eigenvalue weighted by atomic mass is 10.1. The summed E-state index contributed by atoms with van der Waals surface area (Å²) in [5, 5.41) is 7.48. The van der Waals surface area contributed by atoms with Crippen LogP contribution in [0.15, 0.2) is 0 Å². The zero-order chi connectivity index (χ0) is 13.8. The molecule has 0 aliphatic carbocycles. The van der Waals surface area contributed by atoms with Crippen LogP contribution in [-0.2, 0) is 6.42 Å². The number of aryl methyl sites for hydroxylation is 1. The Labute approximate surface area is 118 Å². The summed E-state index contributed by atoms with van der Waals surface area (Å²) in [6.45, 7) is 7.97. The van der Waals surface area contributed by atoms with Gasteiger partial charge in [0.1, 0.15) is 4.88 Å². The molecular formula is C13H22N4OS. The topological polar surface area (TPSA) is 58.1 Å². The predicted molar refractivity (Wildman–Crippen MR) is 76.5 cm³/mol. The van der Waals surface area contributed by atoms with Crippen molar-refractivity contribution in [2.45, 2.75) is 52.1 Å². The van der Waals surface area contributed by atoms with E-state index in [9.17, 15) is 4.79 Å². The van der Waals surface area contributed by atoms with Gasteiger partial charge in [0.15, 0.2) is 0 Å². The summed E-state index contributed by atoms with van der Waals surface area (Å²) in [7, 11) is 0. The van der Waals surface area contributed by atoms with Crippen molar-refractivity contribution < 1.29 is 4.79 Å². The van der Waals surface area contributed by atoms with E-state index in [4.69, 9.17) is 0 Å². The number of aromatic nitrogens is 2. The van der Waals surface area contributed by atoms with Gasteiger partial charge in [-0.25, -0.2) is 0 Å². The minimum atomic E-state index is 0.0792. The van der Waals surface area contributed by atoms with Gasteiger partial charge in [0.05, 0.1) is 5.69 Å². The van der Waals surface area contributed by atoms with Gasteiger partial charge in [0.25, 0.3) is 5.91 Å². The van der Waals surface area contributed by atoms with Gasteiger partial charge in [-0.1, -0.05) is 11.4 Å². The highest BCUT2D eigenvalue weighted by Crippen LogP contribution is 2.18. The number of carbonyl (C=O) groups excluding carboxylic acids is 1. The first-order chi connectivity index (χ1) is 9.13. The van der Waals surface area contributed by atoms with Crippen molar-refractivity contribution in [1.29, 1.82) is 0 Å². The fourth-order valence-corrected chi connectivity index (χ4v) is 3.12. The number of rotatable bonds is 5. The van der Waals surface area contributed by atoms with Crippen LogP contribution in [0.5, 0.6) is 0 Å². The number of hydrogen-bond donors (Lipinski definition) is 1. The summed E-state index contributed by atoms with van der Waals surface area (Å²) in [4.78, 5) is 15.3. The first-order valence-corrected chi connectivity index (χ1v) is 7.76. The van der Waals surface area contributed by atoms with Crippen LogP contribution in [-0.4, -0.2) is 45.6 Å². The molecule has 0 spiro atoms. The van der Waals surface area contributed by atoms with Crippen LogP contribution in [0.3, 0.4) is 0 Å². The number of nitrogens with one attached hydrogen (secondary N) is 1. The van der Waals surface area contributed by atoms with Crippen molar-refractivity contribution in [3.8, 4) is 0 Å². The van der Waals surface area contributed by atoms with E-state index in [0.717, 1.165) is 31.6 Å². The average molecular weight is 282 g/mol. The molecule has 5 nitrogen and oxygen atoms in total. The van der Waals surface area contributed by atoms with Gasteiger partial charge in [0.2, 0.25) is 0 Å². The Balaban J connectivity index is 2.11. The summed E-state index contributed by atoms with van der Waals surface area (Å²) < 4.78 is 3.92. The largest absolute Gasteiger partial charge is 0.334 e. The summed E-state index contributed by atoms with van der Waals surface area (Å²) in [5.41, 5.74) is 0.819. The lowest BCUT2D eigenvalue weighted by Crippen LogP contribution is -2.44. The van der Waals surface area contributed by atoms with Crippen molar-refractivity contribution in [2.24, 2.45) is 0 Å². The van der Waals surface area contributed by atoms with E-state index >= 15 is 0 Å². The number of amides is 1. The Hall–Kier alpha value is -1.01. The predicted octanol–water partition coefficient (Wildman–Crippen LogP) is 1.70. The minimum Gasteiger partial charge on any atom is -0.334 e. The van der Waals surface area contributed by atoms with Gasteiger partial charge in [0, 0.05) is 18.6 Å². The molecule has 106 valence electrons. The molecule has 2 heterocycles. The molecule has 0 saturated carbocycles. The molecule has 1 amide bonds. The molecule has 1 saturated heterocycles. The molecule has 1 aromatic rings. The maximum absolute atomic E-state index is 12.6. The molecule has 19 heavy (non-hydrogen) atoms. The fraction of sp³-hybridized carbons (Fsp3) is 0.769. The summed E-state index contributed by atoms with van der Waals surface area (Å²) >= 11 is 1.21. The van der Waals surface area contributed by atoms with Crippen LogP contribution in [0, 0.1) is 0 Å². The standard InChI is InChI=1S/C13H22N4OS/c1-4-11-12(19-16-15-11)13(18)17(9(2)3)8-10-6-5-7-14-10/h9-10,14H,4-8H2,1-3H3. The van der Waals surface area contributed by atoms with Crippen molar-refractivity contribution >= 4 is 17.4 Å². The third kappa shape index (κ3) is 3.30. The second kappa shape index (κ2) is 6.43. The SMILES string of the molecule is CCc1nnsc1C(=O)N(CC1CCCN1)C(C)C. The van der Waals surface area contributed by atoms with Gasteiger partial charge in [-0.05, 0) is 51.2 Å². The van der Waals surface area contributed by atoms with Crippen molar-refractivity contribution in [1.82, 2.24) is 19.8 Å². The van der Waals surface area contributed by atoms with E-state index in [1.165, 1.54) is 18.0 Å². The molecule has 6 heteroatoms. The third-order valence-electron chi connectivity index (χ3n) is 3.55. The van der Waals surface area contributed by atoms with Crippen LogP contribution in [0.1, 0.15) is 49.0 Å². The molecule has 0 bridgehead atoms. The third-order valence-corrected chi connectivity index (χ3v) is 4.30. The molecule has 1 fully saturated rings. The van der Waals surface area contributed by atoms with Gasteiger partial charge in [-0.3, -0.25) is 4.79 Å². The molecule has 1 aromatic heterocycles. The van der Waals surface area contributed by atoms with Gasteiger partial charge < -0.3 is 10.2 Å². The molecule has 1 aliphatic rings. The Morgan fingerprint density at radius 1 is 1.58 bits per heavy atom. The van der Waals surface area contributed by atoms with E-state index in [-0.39, 0.29) is 11.9 Å². The van der Waals surface area contributed by atoms with E-state index in [0.29, 0.717) is 10.9 Å². The van der Waals surface area contributed by atoms with Gasteiger partial charge >= 0.3 is 0 Å². The molecule has 0 radical (unpaired) electrons. The Kier molecular flexibility index (Phi) is 4.87. The minimum absolute atomic E-state index is 0.0792. The second-order valence-electron chi connectivity index (χ2n) is 5.25. The van der Waals surface area contributed by atoms with Crippen molar-refractivity contribution in [2.75, 3.05) is 13.1 Å². The van der Waals surface area contributed by atoms with Crippen LogP contribution in [0.4, 0.5) is 0 Å². The van der Waals surface area contributed by atoms with Gasteiger partial charge in [-0.15, -0.1) is 5.10 Å². The van der Waals surface area contributed by atoms with E-state index in [2.05, 4.69) is 28.8 Å². The second-order valence-corrected chi connectivity index (χ2v) is 6.00. The smallest absolute Gasteiger partial charge is 0.267 e. The normalized spacial score (nSPS) is 19.1. The molecular weight excluding hydrogens is 260 g/mol. The number of hydrogen-bond acceptors (Lipinski definition) is 5. The van der Waals surface area contributed by atoms with Crippen LogP contribution in [0.2, 0.25) is 0 Å².